The van der Waals surface area contributed by atoms with Crippen LogP contribution in [-0.2, 0) is 14.3 Å². The summed E-state index contributed by atoms with van der Waals surface area (Å²) in [4.78, 5) is 30.5. The number of hydrazone groups is 1. The summed E-state index contributed by atoms with van der Waals surface area (Å²) in [6.45, 7) is 6.16. The molecular weight excluding hydrogens is 495 g/mol. The highest BCUT2D eigenvalue weighted by Crippen LogP contribution is 2.33. The Morgan fingerprint density at radius 3 is 2.71 bits per heavy atom. The van der Waals surface area contributed by atoms with E-state index in [1.165, 1.54) is 0 Å². The first-order valence-corrected chi connectivity index (χ1v) is 11.9. The Kier molecular flexibility index (Phi) is 7.49. The molecule has 2 atom stereocenters. The van der Waals surface area contributed by atoms with Gasteiger partial charge in [-0.1, -0.05) is 29.3 Å². The fraction of sp³-hybridized carbons (Fsp3) is 0.417. The van der Waals surface area contributed by atoms with Gasteiger partial charge in [0.25, 0.3) is 0 Å². The quantitative estimate of drug-likeness (QED) is 0.641. The van der Waals surface area contributed by atoms with Gasteiger partial charge in [0, 0.05) is 12.7 Å². The Morgan fingerprint density at radius 1 is 1.23 bits per heavy atom. The maximum Gasteiger partial charge on any atom is 0.410 e. The van der Waals surface area contributed by atoms with Crippen molar-refractivity contribution < 1.29 is 23.8 Å². The number of aromatic nitrogens is 1. The van der Waals surface area contributed by atoms with Crippen LogP contribution < -0.4 is 10.2 Å². The number of ether oxygens (including phenoxy) is 3. The number of carbonyl (C=O) groups excluding carboxylic acids is 2. The van der Waals surface area contributed by atoms with Crippen molar-refractivity contribution in [3.63, 3.8) is 0 Å². The molecule has 0 saturated carbocycles. The predicted octanol–water partition coefficient (Wildman–Crippen LogP) is 4.37. The van der Waals surface area contributed by atoms with E-state index in [2.05, 4.69) is 15.5 Å². The number of carbonyl (C=O) groups is 2. The number of nitrogens with zero attached hydrogens (tertiary/aromatic N) is 3. The molecule has 2 amide bonds. The van der Waals surface area contributed by atoms with E-state index in [4.69, 9.17) is 37.4 Å². The number of pyridine rings is 1. The molecule has 0 spiro atoms. The molecule has 1 aromatic heterocycles. The van der Waals surface area contributed by atoms with Crippen LogP contribution in [0.15, 0.2) is 41.6 Å². The second-order valence-electron chi connectivity index (χ2n) is 9.17. The number of benzene rings is 1. The summed E-state index contributed by atoms with van der Waals surface area (Å²) in [5.41, 5.74) is 3.62. The maximum atomic E-state index is 12.9. The molecule has 1 fully saturated rings. The molecule has 1 saturated heterocycles. The number of hydrogen-bond acceptors (Lipinski definition) is 7. The summed E-state index contributed by atoms with van der Waals surface area (Å²) in [5.74, 6) is 0.0600. The lowest BCUT2D eigenvalue weighted by Gasteiger charge is -2.30. The summed E-state index contributed by atoms with van der Waals surface area (Å²) in [6.07, 6.45) is -0.0376. The largest absolute Gasteiger partial charge is 0.469 e. The summed E-state index contributed by atoms with van der Waals surface area (Å²) < 4.78 is 18.1. The molecule has 11 heteroatoms. The van der Waals surface area contributed by atoms with Gasteiger partial charge in [-0.25, -0.2) is 15.2 Å². The van der Waals surface area contributed by atoms with E-state index in [1.807, 2.05) is 20.8 Å². The van der Waals surface area contributed by atoms with Gasteiger partial charge in [0.05, 0.1) is 40.9 Å². The fourth-order valence-corrected chi connectivity index (χ4v) is 4.06. The Labute approximate surface area is 213 Å². The molecule has 3 heterocycles. The fourth-order valence-electron chi connectivity index (χ4n) is 3.76. The Bertz CT molecular complexity index is 1150. The minimum atomic E-state index is -0.679. The standard InChI is InChI=1S/C24H26Cl2N4O5/c1-24(2,3)35-23(32)30-9-10-33-21(14-6-7-16(25)17(26)11-14)19(13-30)34-22-15(5-4-8-27-22)18-12-20(31)29-28-18/h4-8,11,19,21H,9-10,12-13H2,1-3H3,(H,29,31). The third kappa shape index (κ3) is 6.22. The van der Waals surface area contributed by atoms with Gasteiger partial charge in [-0.3, -0.25) is 4.79 Å². The van der Waals surface area contributed by atoms with Crippen molar-refractivity contribution in [3.05, 3.63) is 57.7 Å². The average Bonchev–Trinajstić information content (AvgIpc) is 3.11. The minimum Gasteiger partial charge on any atom is -0.469 e. The lowest BCUT2D eigenvalue weighted by molar-refractivity contribution is -0.119. The Hall–Kier alpha value is -2.88. The van der Waals surface area contributed by atoms with Gasteiger partial charge < -0.3 is 19.1 Å². The molecular formula is C24H26Cl2N4O5. The normalized spacial score (nSPS) is 20.7. The predicted molar refractivity (Wildman–Crippen MR) is 131 cm³/mol. The van der Waals surface area contributed by atoms with Crippen LogP contribution in [0.1, 0.15) is 44.4 Å². The van der Waals surface area contributed by atoms with Crippen molar-refractivity contribution in [2.24, 2.45) is 5.10 Å². The maximum absolute atomic E-state index is 12.9. The van der Waals surface area contributed by atoms with E-state index >= 15 is 0 Å². The number of hydrogen-bond donors (Lipinski definition) is 1. The van der Waals surface area contributed by atoms with Crippen LogP contribution >= 0.6 is 23.2 Å². The molecule has 2 aliphatic rings. The highest BCUT2D eigenvalue weighted by atomic mass is 35.5. The zero-order chi connectivity index (χ0) is 25.2. The van der Waals surface area contributed by atoms with E-state index in [-0.39, 0.29) is 31.4 Å². The topological polar surface area (TPSA) is 102 Å². The SMILES string of the molecule is CC(C)(C)OC(=O)N1CCOC(c2ccc(Cl)c(Cl)c2)C(Oc2ncccc2C2=NNC(=O)C2)C1. The first kappa shape index (κ1) is 25.2. The van der Waals surface area contributed by atoms with Gasteiger partial charge in [0.1, 0.15) is 17.8 Å². The highest BCUT2D eigenvalue weighted by molar-refractivity contribution is 6.42. The third-order valence-electron chi connectivity index (χ3n) is 5.31. The molecule has 2 aromatic rings. The second kappa shape index (κ2) is 10.4. The van der Waals surface area contributed by atoms with Crippen LogP contribution in [0.4, 0.5) is 4.79 Å². The number of rotatable bonds is 4. The first-order chi connectivity index (χ1) is 16.6. The van der Waals surface area contributed by atoms with E-state index in [0.29, 0.717) is 27.9 Å². The molecule has 4 rings (SSSR count). The number of halogens is 2. The number of nitrogens with one attached hydrogen (secondary N) is 1. The van der Waals surface area contributed by atoms with Crippen molar-refractivity contribution in [3.8, 4) is 5.88 Å². The molecule has 2 aliphatic heterocycles. The van der Waals surface area contributed by atoms with Crippen molar-refractivity contribution in [1.29, 1.82) is 0 Å². The summed E-state index contributed by atoms with van der Waals surface area (Å²) in [6, 6.07) is 8.73. The van der Waals surface area contributed by atoms with Gasteiger partial charge in [-0.05, 0) is 50.6 Å². The van der Waals surface area contributed by atoms with Crippen molar-refractivity contribution in [2.45, 2.75) is 45.0 Å². The molecule has 0 aliphatic carbocycles. The smallest absolute Gasteiger partial charge is 0.410 e. The molecule has 0 bridgehead atoms. The lowest BCUT2D eigenvalue weighted by Crippen LogP contribution is -2.43. The zero-order valence-electron chi connectivity index (χ0n) is 19.6. The van der Waals surface area contributed by atoms with Crippen LogP contribution in [-0.4, -0.2) is 59.0 Å². The van der Waals surface area contributed by atoms with Crippen molar-refractivity contribution in [2.75, 3.05) is 19.7 Å². The van der Waals surface area contributed by atoms with Crippen molar-refractivity contribution in [1.82, 2.24) is 15.3 Å². The van der Waals surface area contributed by atoms with Crippen LogP contribution in [0.2, 0.25) is 10.0 Å². The molecule has 0 radical (unpaired) electrons. The second-order valence-corrected chi connectivity index (χ2v) is 9.99. The molecule has 2 unspecified atom stereocenters. The summed E-state index contributed by atoms with van der Waals surface area (Å²) >= 11 is 12.4. The van der Waals surface area contributed by atoms with E-state index < -0.39 is 23.9 Å². The van der Waals surface area contributed by atoms with Gasteiger partial charge in [-0.2, -0.15) is 5.10 Å². The monoisotopic (exact) mass is 520 g/mol. The minimum absolute atomic E-state index is 0.115. The highest BCUT2D eigenvalue weighted by Gasteiger charge is 2.36. The Morgan fingerprint density at radius 2 is 2.03 bits per heavy atom. The summed E-state index contributed by atoms with van der Waals surface area (Å²) in [7, 11) is 0. The average molecular weight is 521 g/mol. The van der Waals surface area contributed by atoms with Crippen LogP contribution in [0.3, 0.4) is 0 Å². The van der Waals surface area contributed by atoms with E-state index in [1.54, 1.807) is 41.4 Å². The third-order valence-corrected chi connectivity index (χ3v) is 6.05. The molecule has 1 aromatic carbocycles. The molecule has 9 nitrogen and oxygen atoms in total. The molecule has 186 valence electrons. The molecule has 1 N–H and O–H groups in total. The molecule has 35 heavy (non-hydrogen) atoms. The first-order valence-electron chi connectivity index (χ1n) is 11.1. The van der Waals surface area contributed by atoms with Gasteiger partial charge >= 0.3 is 6.09 Å². The lowest BCUT2D eigenvalue weighted by atomic mass is 10.0. The van der Waals surface area contributed by atoms with Crippen LogP contribution in [0, 0.1) is 0 Å². The van der Waals surface area contributed by atoms with E-state index in [9.17, 15) is 9.59 Å². The Balaban J connectivity index is 1.67. The summed E-state index contributed by atoms with van der Waals surface area (Å²) in [5, 5.41) is 4.89. The van der Waals surface area contributed by atoms with Crippen LogP contribution in [0.25, 0.3) is 0 Å². The number of amides is 2. The van der Waals surface area contributed by atoms with Crippen molar-refractivity contribution >= 4 is 40.9 Å². The van der Waals surface area contributed by atoms with Gasteiger partial charge in [0.2, 0.25) is 11.8 Å². The van der Waals surface area contributed by atoms with E-state index in [0.717, 1.165) is 5.56 Å². The van der Waals surface area contributed by atoms with Gasteiger partial charge in [0.15, 0.2) is 0 Å². The van der Waals surface area contributed by atoms with Gasteiger partial charge in [-0.15, -0.1) is 0 Å². The van der Waals surface area contributed by atoms with Crippen LogP contribution in [0.5, 0.6) is 5.88 Å². The zero-order valence-corrected chi connectivity index (χ0v) is 21.1.